The molecular formula is C13H16Cl2N2O3S. The first-order chi connectivity index (χ1) is 9.74. The molecule has 0 spiro atoms. The number of likely N-dealkylation sites (tertiary alicyclic amines) is 1. The Morgan fingerprint density at radius 2 is 2.05 bits per heavy atom. The number of halogens is 2. The van der Waals surface area contributed by atoms with Gasteiger partial charge in [0.2, 0.25) is 0 Å². The van der Waals surface area contributed by atoms with Crippen LogP contribution in [0.15, 0.2) is 17.0 Å². The number of rotatable bonds is 3. The number of hydrogen-bond acceptors (Lipinski definition) is 4. The molecule has 1 aromatic carbocycles. The second-order valence-electron chi connectivity index (χ2n) is 5.18. The van der Waals surface area contributed by atoms with Crippen molar-refractivity contribution in [1.29, 1.82) is 0 Å². The second-order valence-corrected chi connectivity index (χ2v) is 7.97. The van der Waals surface area contributed by atoms with Crippen LogP contribution in [0, 0.1) is 5.92 Å². The van der Waals surface area contributed by atoms with Crippen molar-refractivity contribution in [2.24, 2.45) is 11.7 Å². The molecule has 2 rings (SSSR count). The fraction of sp³-hybridized carbons (Fsp3) is 0.462. The van der Waals surface area contributed by atoms with E-state index in [1.54, 1.807) is 4.90 Å². The van der Waals surface area contributed by atoms with E-state index in [0.29, 0.717) is 19.6 Å². The maximum Gasteiger partial charge on any atom is 0.255 e. The highest BCUT2D eigenvalue weighted by Gasteiger charge is 2.28. The van der Waals surface area contributed by atoms with Gasteiger partial charge in [-0.1, -0.05) is 23.2 Å². The monoisotopic (exact) mass is 350 g/mol. The zero-order chi connectivity index (χ0) is 15.8. The van der Waals surface area contributed by atoms with Crippen LogP contribution in [0.25, 0.3) is 0 Å². The Balaban J connectivity index is 2.38. The number of benzene rings is 1. The van der Waals surface area contributed by atoms with Crippen LogP contribution in [0.1, 0.15) is 16.8 Å². The number of nitrogens with zero attached hydrogens (tertiary/aromatic N) is 1. The molecule has 1 heterocycles. The second kappa shape index (κ2) is 6.12. The molecule has 1 amide bonds. The van der Waals surface area contributed by atoms with Crippen molar-refractivity contribution in [2.75, 3.05) is 25.9 Å². The van der Waals surface area contributed by atoms with Crippen LogP contribution < -0.4 is 5.73 Å². The molecule has 1 aliphatic heterocycles. The van der Waals surface area contributed by atoms with E-state index in [1.165, 1.54) is 12.1 Å². The highest BCUT2D eigenvalue weighted by Crippen LogP contribution is 2.30. The molecule has 1 aliphatic rings. The van der Waals surface area contributed by atoms with Crippen LogP contribution in [0.5, 0.6) is 0 Å². The van der Waals surface area contributed by atoms with Crippen LogP contribution in [-0.4, -0.2) is 45.1 Å². The molecular weight excluding hydrogens is 335 g/mol. The predicted octanol–water partition coefficient (Wildman–Crippen LogP) is 1.82. The summed E-state index contributed by atoms with van der Waals surface area (Å²) >= 11 is 11.9. The van der Waals surface area contributed by atoms with Crippen molar-refractivity contribution in [1.82, 2.24) is 4.90 Å². The third-order valence-electron chi connectivity index (χ3n) is 3.56. The maximum absolute atomic E-state index is 12.5. The molecule has 1 saturated heterocycles. The predicted molar refractivity (Wildman–Crippen MR) is 82.6 cm³/mol. The van der Waals surface area contributed by atoms with E-state index >= 15 is 0 Å². The molecule has 21 heavy (non-hydrogen) atoms. The number of carbonyl (C=O) groups excluding carboxylic acids is 1. The van der Waals surface area contributed by atoms with E-state index in [2.05, 4.69) is 0 Å². The molecule has 5 nitrogen and oxygen atoms in total. The van der Waals surface area contributed by atoms with E-state index in [1.807, 2.05) is 0 Å². The molecule has 0 saturated carbocycles. The first-order valence-corrected chi connectivity index (χ1v) is 9.07. The summed E-state index contributed by atoms with van der Waals surface area (Å²) in [5, 5.41) is 0.161. The molecule has 0 aliphatic carbocycles. The lowest BCUT2D eigenvalue weighted by atomic mass is 10.1. The van der Waals surface area contributed by atoms with Crippen LogP contribution in [0.4, 0.5) is 0 Å². The van der Waals surface area contributed by atoms with Crippen LogP contribution >= 0.6 is 23.2 Å². The fourth-order valence-corrected chi connectivity index (χ4v) is 3.99. The largest absolute Gasteiger partial charge is 0.338 e. The Hall–Kier alpha value is -0.820. The van der Waals surface area contributed by atoms with E-state index in [9.17, 15) is 13.2 Å². The van der Waals surface area contributed by atoms with Gasteiger partial charge in [0.1, 0.15) is 0 Å². The minimum absolute atomic E-state index is 0.0142. The third kappa shape index (κ3) is 3.51. The van der Waals surface area contributed by atoms with Gasteiger partial charge in [0.25, 0.3) is 5.91 Å². The van der Waals surface area contributed by atoms with Crippen LogP contribution in [0.2, 0.25) is 10.0 Å². The summed E-state index contributed by atoms with van der Waals surface area (Å²) in [5.74, 6) is -0.0214. The van der Waals surface area contributed by atoms with Gasteiger partial charge in [0.05, 0.1) is 20.5 Å². The van der Waals surface area contributed by atoms with Gasteiger partial charge in [-0.2, -0.15) is 0 Å². The molecule has 1 aromatic rings. The van der Waals surface area contributed by atoms with E-state index in [0.717, 1.165) is 12.7 Å². The lowest BCUT2D eigenvalue weighted by molar-refractivity contribution is 0.0787. The molecule has 0 unspecified atom stereocenters. The van der Waals surface area contributed by atoms with Crippen molar-refractivity contribution in [3.05, 3.63) is 27.7 Å². The molecule has 1 fully saturated rings. The molecule has 116 valence electrons. The fourth-order valence-electron chi connectivity index (χ4n) is 2.36. The number of hydrogen-bond donors (Lipinski definition) is 1. The molecule has 0 aromatic heterocycles. The Morgan fingerprint density at radius 3 is 2.57 bits per heavy atom. The van der Waals surface area contributed by atoms with E-state index in [4.69, 9.17) is 28.9 Å². The van der Waals surface area contributed by atoms with E-state index in [-0.39, 0.29) is 32.3 Å². The van der Waals surface area contributed by atoms with Crippen molar-refractivity contribution < 1.29 is 13.2 Å². The van der Waals surface area contributed by atoms with Crippen molar-refractivity contribution >= 4 is 38.9 Å². The Kier molecular flexibility index (Phi) is 4.82. The Morgan fingerprint density at radius 1 is 1.38 bits per heavy atom. The van der Waals surface area contributed by atoms with Crippen LogP contribution in [0.3, 0.4) is 0 Å². The first-order valence-electron chi connectivity index (χ1n) is 6.42. The van der Waals surface area contributed by atoms with Gasteiger partial charge < -0.3 is 10.6 Å². The SMILES string of the molecule is CS(=O)(=O)c1cc(C(=O)N2CC[C@H](CN)C2)c(Cl)cc1Cl. The van der Waals surface area contributed by atoms with Gasteiger partial charge in [0, 0.05) is 19.3 Å². The quantitative estimate of drug-likeness (QED) is 0.901. The minimum atomic E-state index is -3.53. The van der Waals surface area contributed by atoms with Gasteiger partial charge in [-0.15, -0.1) is 0 Å². The smallest absolute Gasteiger partial charge is 0.255 e. The van der Waals surface area contributed by atoms with E-state index < -0.39 is 9.84 Å². The van der Waals surface area contributed by atoms with Gasteiger partial charge in [-0.05, 0) is 31.0 Å². The molecule has 2 N–H and O–H groups in total. The molecule has 8 heteroatoms. The number of nitrogens with two attached hydrogens (primary N) is 1. The summed E-state index contributed by atoms with van der Waals surface area (Å²) in [5.41, 5.74) is 5.76. The first kappa shape index (κ1) is 16.5. The normalized spacial score (nSPS) is 19.0. The topological polar surface area (TPSA) is 80.5 Å². The summed E-state index contributed by atoms with van der Waals surface area (Å²) in [7, 11) is -3.53. The average molecular weight is 351 g/mol. The highest BCUT2D eigenvalue weighted by atomic mass is 35.5. The van der Waals surface area contributed by atoms with Crippen molar-refractivity contribution in [3.8, 4) is 0 Å². The van der Waals surface area contributed by atoms with Crippen LogP contribution in [-0.2, 0) is 9.84 Å². The highest BCUT2D eigenvalue weighted by molar-refractivity contribution is 7.90. The lowest BCUT2D eigenvalue weighted by Gasteiger charge is -2.18. The standard InChI is InChI=1S/C13H16Cl2N2O3S/c1-21(19,20)12-4-9(10(14)5-11(12)15)13(18)17-3-2-8(6-16)7-17/h4-5,8H,2-3,6-7,16H2,1H3/t8-/m1/s1. The molecule has 0 radical (unpaired) electrons. The summed E-state index contributed by atoms with van der Waals surface area (Å²) in [4.78, 5) is 14.0. The summed E-state index contributed by atoms with van der Waals surface area (Å²) in [6.45, 7) is 1.67. The third-order valence-corrected chi connectivity index (χ3v) is 5.43. The van der Waals surface area contributed by atoms with Gasteiger partial charge >= 0.3 is 0 Å². The van der Waals surface area contributed by atoms with Gasteiger partial charge in [-0.3, -0.25) is 4.79 Å². The van der Waals surface area contributed by atoms with Crippen molar-refractivity contribution in [2.45, 2.75) is 11.3 Å². The lowest BCUT2D eigenvalue weighted by Crippen LogP contribution is -2.30. The van der Waals surface area contributed by atoms with Crippen molar-refractivity contribution in [3.63, 3.8) is 0 Å². The maximum atomic E-state index is 12.5. The Labute approximate surface area is 133 Å². The summed E-state index contributed by atoms with van der Waals surface area (Å²) in [6, 6.07) is 2.54. The average Bonchev–Trinajstić information content (AvgIpc) is 2.85. The molecule has 0 bridgehead atoms. The zero-order valence-corrected chi connectivity index (χ0v) is 13.8. The minimum Gasteiger partial charge on any atom is -0.338 e. The van der Waals surface area contributed by atoms with Gasteiger partial charge in [-0.25, -0.2) is 8.42 Å². The summed E-state index contributed by atoms with van der Waals surface area (Å²) < 4.78 is 23.4. The zero-order valence-electron chi connectivity index (χ0n) is 11.5. The molecule has 1 atom stereocenters. The number of sulfone groups is 1. The Bertz CT molecular complexity index is 676. The number of amides is 1. The van der Waals surface area contributed by atoms with Gasteiger partial charge in [0.15, 0.2) is 9.84 Å². The summed E-state index contributed by atoms with van der Waals surface area (Å²) in [6.07, 6.45) is 1.88. The number of carbonyl (C=O) groups is 1.